The van der Waals surface area contributed by atoms with E-state index in [1.807, 2.05) is 0 Å². The van der Waals surface area contributed by atoms with Crippen LogP contribution in [0.3, 0.4) is 0 Å². The Balaban J connectivity index is 0.772. The molecule has 2 aliphatic carbocycles. The van der Waals surface area contributed by atoms with Crippen molar-refractivity contribution in [3.63, 3.8) is 0 Å². The smallest absolute Gasteiger partial charge is 0.187 e. The standard InChI is InChI=1S/C54H106N12O26S4/c55-11-21-33(69)37(73)27(63)49(81-21)87-43-19(61)9-17(59)31(67)47(43)91-53-41(77)45(89-51-29(65)39(75)35(71)23(13-57)83-51)25(85-53)15-93-5-1-79-3-7-95-96-8-4-80-2-6-94-16-26-46(90-52-30(66)40(76)36(72)24(14-58)84-52)42(78)54(86-26)92-48-32(68)18(60)10-20(62)44(48)88-50-28(64)38(74)34(70)22(12-56)82-50/h17-54,67-78H,1-16,55-66H2/t17-,18-,19+,20+,21-,22-,23+,24+,25-,26-,27-,28-,29-,30-,31+,32+,33-,34-,35-,36-,37-,38-,39-,40-,41-,42-,43-,44-,45-,46-,47-,48-,49-,50-,51-,52-,53+,54+/m1/s1. The van der Waals surface area contributed by atoms with Gasteiger partial charge in [0.2, 0.25) is 0 Å². The van der Waals surface area contributed by atoms with E-state index in [9.17, 15) is 61.3 Å². The van der Waals surface area contributed by atoms with Gasteiger partial charge in [0.15, 0.2) is 37.7 Å². The van der Waals surface area contributed by atoms with Gasteiger partial charge >= 0.3 is 0 Å². The van der Waals surface area contributed by atoms with Gasteiger partial charge in [-0.2, -0.15) is 23.5 Å². The molecule has 38 nitrogen and oxygen atoms in total. The first-order valence-electron chi connectivity index (χ1n) is 32.2. The Morgan fingerprint density at radius 3 is 0.833 bits per heavy atom. The molecule has 38 atom stereocenters. The summed E-state index contributed by atoms with van der Waals surface area (Å²) in [4.78, 5) is 0. The predicted molar refractivity (Wildman–Crippen MR) is 344 cm³/mol. The highest BCUT2D eigenvalue weighted by molar-refractivity contribution is 8.76. The lowest BCUT2D eigenvalue weighted by atomic mass is 9.84. The molecule has 0 spiro atoms. The summed E-state index contributed by atoms with van der Waals surface area (Å²) in [5.74, 6) is 2.64. The Labute approximate surface area is 571 Å². The fourth-order valence-electron chi connectivity index (χ4n) is 12.6. The molecule has 42 heteroatoms. The van der Waals surface area contributed by atoms with E-state index in [4.69, 9.17) is 135 Å². The molecule has 8 fully saturated rings. The zero-order chi connectivity index (χ0) is 70.0. The third-order valence-corrected chi connectivity index (χ3v) is 22.8. The van der Waals surface area contributed by atoms with E-state index < -0.39 is 233 Å². The molecule has 8 aliphatic rings. The number of nitrogens with two attached hydrogens (primary N) is 12. The molecule has 0 unspecified atom stereocenters. The van der Waals surface area contributed by atoms with Crippen molar-refractivity contribution in [1.82, 2.24) is 0 Å². The van der Waals surface area contributed by atoms with Gasteiger partial charge in [0.1, 0.15) is 122 Å². The van der Waals surface area contributed by atoms with Crippen LogP contribution in [0.5, 0.6) is 0 Å². The lowest BCUT2D eigenvalue weighted by molar-refractivity contribution is -0.306. The van der Waals surface area contributed by atoms with E-state index in [1.165, 1.54) is 23.5 Å². The molecular formula is C54H106N12O26S4. The number of thioether (sulfide) groups is 2. The van der Waals surface area contributed by atoms with Gasteiger partial charge in [-0.05, 0) is 12.8 Å². The number of hydrogen-bond donors (Lipinski definition) is 24. The molecule has 562 valence electrons. The topological polar surface area (TPSA) is 684 Å². The van der Waals surface area contributed by atoms with Crippen molar-refractivity contribution in [2.24, 2.45) is 68.8 Å². The molecule has 36 N–H and O–H groups in total. The van der Waals surface area contributed by atoms with E-state index >= 15 is 0 Å². The molecule has 0 aromatic rings. The second kappa shape index (κ2) is 38.2. The van der Waals surface area contributed by atoms with Crippen LogP contribution in [0.2, 0.25) is 0 Å². The minimum Gasteiger partial charge on any atom is -0.389 e. The SMILES string of the molecule is NC[C@@H]1O[C@H](O[C@H]2[C@@H](O)[C@H](O[C@@H]3[C@@H](O)[C@H](N)C[C@H](N)[C@H]3O[C@H]3O[C@H](CN)[C@@H](O)[C@H](O)[C@H]3N)O[C@@H]2CSCCOCCSSCCOCCSC[C@H]2O[C@@H](O[C@@H]3[C@@H](O)[C@H](N)C[C@H](N)[C@H]3O[C@H]3O[C@H](CN)[C@@H](O)[C@H](O)[C@H]3N)[C@H](O)[C@@H]2O[C@H]2O[C@@H](CN)[C@@H](O)[C@H](O)[C@H]2N)[C@H](N)[C@@H](O)[C@@H]1O. The molecule has 6 saturated heterocycles. The third kappa shape index (κ3) is 19.7. The summed E-state index contributed by atoms with van der Waals surface area (Å²) in [5.41, 5.74) is 73.7. The average molecular weight is 1470 g/mol. The van der Waals surface area contributed by atoms with Crippen LogP contribution in [-0.2, 0) is 66.3 Å². The van der Waals surface area contributed by atoms with E-state index in [-0.39, 0.29) is 50.5 Å². The van der Waals surface area contributed by atoms with Gasteiger partial charge in [-0.15, -0.1) is 0 Å². The van der Waals surface area contributed by atoms with Gasteiger partial charge < -0.3 is 196 Å². The molecule has 96 heavy (non-hydrogen) atoms. The number of aliphatic hydroxyl groups excluding tert-OH is 12. The first kappa shape index (κ1) is 81.5. The van der Waals surface area contributed by atoms with Gasteiger partial charge in [0, 0.05) is 84.9 Å². The molecule has 0 radical (unpaired) electrons. The second-order valence-electron chi connectivity index (χ2n) is 25.1. The number of ether oxygens (including phenoxy) is 14. The first-order valence-corrected chi connectivity index (χ1v) is 37.0. The van der Waals surface area contributed by atoms with Gasteiger partial charge in [-0.1, -0.05) is 21.6 Å². The van der Waals surface area contributed by atoms with Crippen molar-refractivity contribution in [1.29, 1.82) is 0 Å². The molecule has 6 aliphatic heterocycles. The van der Waals surface area contributed by atoms with Crippen molar-refractivity contribution in [3.8, 4) is 0 Å². The lowest BCUT2D eigenvalue weighted by Crippen LogP contribution is -2.68. The fourth-order valence-corrected chi connectivity index (χ4v) is 16.1. The van der Waals surface area contributed by atoms with E-state index in [0.717, 1.165) is 0 Å². The Morgan fingerprint density at radius 2 is 0.542 bits per heavy atom. The van der Waals surface area contributed by atoms with E-state index in [0.29, 0.717) is 49.4 Å². The van der Waals surface area contributed by atoms with Crippen LogP contribution in [0.25, 0.3) is 0 Å². The average Bonchev–Trinajstić information content (AvgIpc) is 1.48. The summed E-state index contributed by atoms with van der Waals surface area (Å²) < 4.78 is 85.0. The number of rotatable bonds is 33. The minimum atomic E-state index is -1.59. The maximum absolute atomic E-state index is 11.9. The fraction of sp³-hybridized carbons (Fsp3) is 1.00. The van der Waals surface area contributed by atoms with Gasteiger partial charge in [0.05, 0.1) is 75.0 Å². The van der Waals surface area contributed by atoms with Crippen LogP contribution < -0.4 is 68.8 Å². The number of aliphatic hydroxyl groups is 12. The van der Waals surface area contributed by atoms with Crippen LogP contribution in [0.1, 0.15) is 12.8 Å². The molecule has 8 rings (SSSR count). The molecule has 0 aromatic heterocycles. The van der Waals surface area contributed by atoms with Crippen LogP contribution in [0, 0.1) is 0 Å². The summed E-state index contributed by atoms with van der Waals surface area (Å²) in [6, 6.07) is -8.71. The maximum atomic E-state index is 11.9. The summed E-state index contributed by atoms with van der Waals surface area (Å²) in [6.07, 6.45) is -39.8. The zero-order valence-corrected chi connectivity index (χ0v) is 56.2. The maximum Gasteiger partial charge on any atom is 0.187 e. The summed E-state index contributed by atoms with van der Waals surface area (Å²) in [7, 11) is 3.18. The van der Waals surface area contributed by atoms with Crippen LogP contribution >= 0.6 is 45.1 Å². The van der Waals surface area contributed by atoms with E-state index in [2.05, 4.69) is 0 Å². The zero-order valence-electron chi connectivity index (χ0n) is 52.9. The third-order valence-electron chi connectivity index (χ3n) is 18.4. The Kier molecular flexibility index (Phi) is 32.5. The van der Waals surface area contributed by atoms with Crippen molar-refractivity contribution in [3.05, 3.63) is 0 Å². The Bertz CT molecular complexity index is 2130. The van der Waals surface area contributed by atoms with Crippen molar-refractivity contribution < 1.29 is 128 Å². The van der Waals surface area contributed by atoms with Crippen molar-refractivity contribution in [2.75, 3.05) is 87.1 Å². The molecule has 0 amide bonds. The molecule has 0 aromatic carbocycles. The number of hydrogen-bond acceptors (Lipinski definition) is 42. The van der Waals surface area contributed by atoms with E-state index in [1.54, 1.807) is 21.6 Å². The minimum absolute atomic E-state index is 0.0588. The molecule has 0 bridgehead atoms. The summed E-state index contributed by atoms with van der Waals surface area (Å²) in [5, 5.41) is 131. The highest BCUT2D eigenvalue weighted by atomic mass is 33.1. The predicted octanol–water partition coefficient (Wildman–Crippen LogP) is -13.9. The largest absolute Gasteiger partial charge is 0.389 e. The molecule has 2 saturated carbocycles. The second-order valence-corrected chi connectivity index (χ2v) is 30.1. The van der Waals surface area contributed by atoms with Crippen LogP contribution in [0.4, 0.5) is 0 Å². The van der Waals surface area contributed by atoms with Gasteiger partial charge in [0.25, 0.3) is 0 Å². The first-order chi connectivity index (χ1) is 45.8. The van der Waals surface area contributed by atoms with Crippen LogP contribution in [-0.4, -0.2) is 381 Å². The quantitative estimate of drug-likeness (QED) is 0.0214. The monoisotopic (exact) mass is 1470 g/mol. The highest BCUT2D eigenvalue weighted by Crippen LogP contribution is 2.39. The van der Waals surface area contributed by atoms with Gasteiger partial charge in [-0.25, -0.2) is 0 Å². The van der Waals surface area contributed by atoms with Crippen molar-refractivity contribution in [2.45, 2.75) is 245 Å². The molecule has 6 heterocycles. The Hall–Kier alpha value is -0.120. The summed E-state index contributed by atoms with van der Waals surface area (Å²) in [6.45, 7) is 0.744. The van der Waals surface area contributed by atoms with Crippen LogP contribution in [0.15, 0.2) is 0 Å². The normalized spacial score (nSPS) is 48.8. The lowest BCUT2D eigenvalue weighted by Gasteiger charge is -2.47. The highest BCUT2D eigenvalue weighted by Gasteiger charge is 2.57. The van der Waals surface area contributed by atoms with Crippen molar-refractivity contribution >= 4 is 45.1 Å². The Morgan fingerprint density at radius 1 is 0.281 bits per heavy atom. The summed E-state index contributed by atoms with van der Waals surface area (Å²) >= 11 is 2.81. The van der Waals surface area contributed by atoms with Gasteiger partial charge in [-0.3, -0.25) is 0 Å². The molecular weight excluding hydrogens is 1360 g/mol.